The summed E-state index contributed by atoms with van der Waals surface area (Å²) in [5, 5.41) is 16.8. The van der Waals surface area contributed by atoms with Gasteiger partial charge in [-0.1, -0.05) is 19.3 Å². The van der Waals surface area contributed by atoms with Gasteiger partial charge in [-0.25, -0.2) is 0 Å². The number of carbonyl (C=O) groups excluding carboxylic acids is 1. The molecule has 0 radical (unpaired) electrons. The lowest BCUT2D eigenvalue weighted by atomic mass is 9.94. The van der Waals surface area contributed by atoms with Gasteiger partial charge in [0.2, 0.25) is 0 Å². The monoisotopic (exact) mass is 349 g/mol. The highest BCUT2D eigenvalue weighted by Gasteiger charge is 2.31. The van der Waals surface area contributed by atoms with Gasteiger partial charge in [-0.15, -0.1) is 0 Å². The first-order valence-corrected chi connectivity index (χ1v) is 9.23. The van der Waals surface area contributed by atoms with Crippen LogP contribution in [0.25, 0.3) is 0 Å². The number of carboxylic acids is 1. The molecule has 25 heavy (non-hydrogen) atoms. The van der Waals surface area contributed by atoms with Crippen LogP contribution in [0.3, 0.4) is 0 Å². The number of hydrogen-bond donors (Lipinski definition) is 2. The number of nitrogens with zero attached hydrogens (tertiary/aromatic N) is 2. The van der Waals surface area contributed by atoms with Gasteiger partial charge >= 0.3 is 5.97 Å². The van der Waals surface area contributed by atoms with Gasteiger partial charge in [0.15, 0.2) is 0 Å². The van der Waals surface area contributed by atoms with Crippen LogP contribution in [0, 0.1) is 12.8 Å². The van der Waals surface area contributed by atoms with Gasteiger partial charge in [0.25, 0.3) is 5.91 Å². The quantitative estimate of drug-likeness (QED) is 0.814. The molecule has 0 unspecified atom stereocenters. The molecule has 0 spiro atoms. The maximum atomic E-state index is 12.7. The fraction of sp³-hybridized carbons (Fsp3) is 0.722. The average Bonchev–Trinajstić information content (AvgIpc) is 2.83. The van der Waals surface area contributed by atoms with Gasteiger partial charge in [-0.05, 0) is 32.6 Å². The molecule has 7 heteroatoms. The Bertz CT molecular complexity index is 622. The lowest BCUT2D eigenvalue weighted by molar-refractivity contribution is -0.142. The fourth-order valence-corrected chi connectivity index (χ4v) is 3.97. The molecule has 0 bridgehead atoms. The van der Waals surface area contributed by atoms with Crippen LogP contribution in [-0.4, -0.2) is 46.0 Å². The lowest BCUT2D eigenvalue weighted by Gasteiger charge is -2.24. The van der Waals surface area contributed by atoms with Crippen molar-refractivity contribution in [2.45, 2.75) is 64.0 Å². The highest BCUT2D eigenvalue weighted by atomic mass is 16.5. The smallest absolute Gasteiger partial charge is 0.308 e. The maximum Gasteiger partial charge on any atom is 0.308 e. The van der Waals surface area contributed by atoms with E-state index in [9.17, 15) is 14.7 Å². The summed E-state index contributed by atoms with van der Waals surface area (Å²) in [6, 6.07) is -0.0433. The number of aliphatic carboxylic acids is 1. The van der Waals surface area contributed by atoms with Crippen molar-refractivity contribution in [1.82, 2.24) is 15.1 Å². The van der Waals surface area contributed by atoms with E-state index in [4.69, 9.17) is 4.74 Å². The van der Waals surface area contributed by atoms with Crippen molar-refractivity contribution < 1.29 is 19.4 Å². The predicted octanol–water partition coefficient (Wildman–Crippen LogP) is 2.31. The Hall–Kier alpha value is -1.89. The molecule has 2 aliphatic rings. The summed E-state index contributed by atoms with van der Waals surface area (Å²) in [4.78, 5) is 24.3. The zero-order valence-corrected chi connectivity index (χ0v) is 14.7. The van der Waals surface area contributed by atoms with Gasteiger partial charge in [-0.2, -0.15) is 5.10 Å². The van der Waals surface area contributed by atoms with E-state index in [-0.39, 0.29) is 18.0 Å². The minimum atomic E-state index is -0.818. The molecular formula is C18H27N3O4. The summed E-state index contributed by atoms with van der Waals surface area (Å²) in [6.07, 6.45) is 7.62. The van der Waals surface area contributed by atoms with Crippen LogP contribution in [0.2, 0.25) is 0 Å². The molecule has 1 aliphatic heterocycles. The SMILES string of the molecule is Cc1c(C(=O)N[C@H]2CCCCC[C@H]2C(=O)O)cnn1C1CCOCC1. The third-order valence-electron chi connectivity index (χ3n) is 5.48. The molecule has 0 aromatic carbocycles. The first kappa shape index (κ1) is 17.9. The third-order valence-corrected chi connectivity index (χ3v) is 5.48. The normalized spacial score (nSPS) is 25.3. The van der Waals surface area contributed by atoms with Gasteiger partial charge in [0.05, 0.1) is 23.7 Å². The van der Waals surface area contributed by atoms with Crippen molar-refractivity contribution in [2.24, 2.45) is 5.92 Å². The average molecular weight is 349 g/mol. The standard InChI is InChI=1S/C18H27N3O4/c1-12-15(11-19-21(12)13-7-9-25-10-8-13)17(22)20-16-6-4-2-3-5-14(16)18(23)24/h11,13-14,16H,2-10H2,1H3,(H,20,22)(H,23,24)/t14-,16+/m1/s1. The number of carboxylic acid groups (broad SMARTS) is 1. The summed E-state index contributed by atoms with van der Waals surface area (Å²) >= 11 is 0. The Labute approximate surface area is 147 Å². The largest absolute Gasteiger partial charge is 0.481 e. The minimum Gasteiger partial charge on any atom is -0.481 e. The van der Waals surface area contributed by atoms with E-state index in [0.717, 1.165) is 44.2 Å². The maximum absolute atomic E-state index is 12.7. The van der Waals surface area contributed by atoms with Crippen LogP contribution in [-0.2, 0) is 9.53 Å². The number of hydrogen-bond acceptors (Lipinski definition) is 4. The van der Waals surface area contributed by atoms with E-state index in [1.807, 2.05) is 11.6 Å². The van der Waals surface area contributed by atoms with Crippen molar-refractivity contribution in [1.29, 1.82) is 0 Å². The number of rotatable bonds is 4. The van der Waals surface area contributed by atoms with E-state index >= 15 is 0 Å². The summed E-state index contributed by atoms with van der Waals surface area (Å²) in [5.74, 6) is -1.53. The molecule has 1 amide bonds. The van der Waals surface area contributed by atoms with Crippen LogP contribution in [0.5, 0.6) is 0 Å². The van der Waals surface area contributed by atoms with Crippen molar-refractivity contribution >= 4 is 11.9 Å². The molecule has 2 heterocycles. The second kappa shape index (κ2) is 7.99. The molecule has 3 rings (SSSR count). The van der Waals surface area contributed by atoms with Gasteiger partial charge in [0.1, 0.15) is 0 Å². The van der Waals surface area contributed by atoms with Crippen LogP contribution < -0.4 is 5.32 Å². The Morgan fingerprint density at radius 1 is 1.20 bits per heavy atom. The topological polar surface area (TPSA) is 93.5 Å². The zero-order chi connectivity index (χ0) is 17.8. The molecule has 1 aromatic heterocycles. The molecular weight excluding hydrogens is 322 g/mol. The number of ether oxygens (including phenoxy) is 1. The summed E-state index contributed by atoms with van der Waals surface area (Å²) in [5.41, 5.74) is 1.38. The molecule has 1 aliphatic carbocycles. The van der Waals surface area contributed by atoms with E-state index in [2.05, 4.69) is 10.4 Å². The van der Waals surface area contributed by atoms with Crippen molar-refractivity contribution in [2.75, 3.05) is 13.2 Å². The molecule has 7 nitrogen and oxygen atoms in total. The molecule has 138 valence electrons. The second-order valence-electron chi connectivity index (χ2n) is 7.09. The molecule has 2 N–H and O–H groups in total. The Balaban J connectivity index is 1.72. The molecule has 1 saturated carbocycles. The highest BCUT2D eigenvalue weighted by Crippen LogP contribution is 2.26. The number of amides is 1. The van der Waals surface area contributed by atoms with Crippen molar-refractivity contribution in [3.8, 4) is 0 Å². The zero-order valence-electron chi connectivity index (χ0n) is 14.7. The first-order valence-electron chi connectivity index (χ1n) is 9.23. The lowest BCUT2D eigenvalue weighted by Crippen LogP contribution is -2.43. The van der Waals surface area contributed by atoms with Gasteiger partial charge in [0, 0.05) is 24.9 Å². The predicted molar refractivity (Wildman–Crippen MR) is 91.5 cm³/mol. The van der Waals surface area contributed by atoms with Gasteiger partial charge < -0.3 is 15.2 Å². The number of carbonyl (C=O) groups is 2. The first-order chi connectivity index (χ1) is 12.1. The van der Waals surface area contributed by atoms with Gasteiger partial charge in [-0.3, -0.25) is 14.3 Å². The molecule has 1 aromatic rings. The fourth-order valence-electron chi connectivity index (χ4n) is 3.97. The molecule has 2 fully saturated rings. The van der Waals surface area contributed by atoms with Crippen LogP contribution >= 0.6 is 0 Å². The minimum absolute atomic E-state index is 0.214. The van der Waals surface area contributed by atoms with E-state index in [1.54, 1.807) is 6.20 Å². The van der Waals surface area contributed by atoms with Crippen molar-refractivity contribution in [3.63, 3.8) is 0 Å². The Morgan fingerprint density at radius 3 is 2.64 bits per heavy atom. The Morgan fingerprint density at radius 2 is 1.92 bits per heavy atom. The molecule has 1 saturated heterocycles. The summed E-state index contributed by atoms with van der Waals surface area (Å²) in [7, 11) is 0. The summed E-state index contributed by atoms with van der Waals surface area (Å²) < 4.78 is 7.30. The van der Waals surface area contributed by atoms with Crippen LogP contribution in [0.4, 0.5) is 0 Å². The Kier molecular flexibility index (Phi) is 5.73. The van der Waals surface area contributed by atoms with Crippen LogP contribution in [0.1, 0.15) is 67.0 Å². The summed E-state index contributed by atoms with van der Waals surface area (Å²) in [6.45, 7) is 3.33. The number of aromatic nitrogens is 2. The molecule has 2 atom stereocenters. The van der Waals surface area contributed by atoms with Crippen molar-refractivity contribution in [3.05, 3.63) is 17.5 Å². The third kappa shape index (κ3) is 4.03. The van der Waals surface area contributed by atoms with E-state index in [0.29, 0.717) is 25.2 Å². The van der Waals surface area contributed by atoms with Crippen LogP contribution in [0.15, 0.2) is 6.20 Å². The highest BCUT2D eigenvalue weighted by molar-refractivity contribution is 5.95. The number of nitrogens with one attached hydrogen (secondary N) is 1. The second-order valence-corrected chi connectivity index (χ2v) is 7.09. The van der Waals surface area contributed by atoms with E-state index < -0.39 is 11.9 Å². The van der Waals surface area contributed by atoms with E-state index in [1.165, 1.54) is 0 Å².